The predicted octanol–water partition coefficient (Wildman–Crippen LogP) is 7.42. The summed E-state index contributed by atoms with van der Waals surface area (Å²) in [6, 6.07) is 6.31. The van der Waals surface area contributed by atoms with Gasteiger partial charge in [0.15, 0.2) is 12.4 Å². The first kappa shape index (κ1) is 50.1. The molecule has 1 aromatic rings. The summed E-state index contributed by atoms with van der Waals surface area (Å²) in [6.07, 6.45) is 47.8. The second kappa shape index (κ2) is 40.9. The zero-order valence-electron chi connectivity index (χ0n) is 32.2. The maximum Gasteiger partial charge on any atom is 0.168 e. The summed E-state index contributed by atoms with van der Waals surface area (Å²) in [5.41, 5.74) is 0. The molecule has 0 N–H and O–H groups in total. The van der Waals surface area contributed by atoms with Gasteiger partial charge in [0.2, 0.25) is 0 Å². The molecule has 4 heteroatoms. The summed E-state index contributed by atoms with van der Waals surface area (Å²) in [5, 5.41) is 0. The van der Waals surface area contributed by atoms with Crippen molar-refractivity contribution in [1.82, 2.24) is 0 Å². The van der Waals surface area contributed by atoms with E-state index in [-0.39, 0.29) is 24.8 Å². The molecule has 0 amide bonds. The zero-order chi connectivity index (χ0) is 32.2. The molecule has 0 aliphatic carbocycles. The van der Waals surface area contributed by atoms with Crippen LogP contribution < -0.4 is 29.4 Å². The van der Waals surface area contributed by atoms with Crippen LogP contribution in [0.3, 0.4) is 0 Å². The minimum Gasteiger partial charge on any atom is -1.00 e. The van der Waals surface area contributed by atoms with Gasteiger partial charge in [-0.1, -0.05) is 187 Å². The monoisotopic (exact) mass is 687 g/mol. The maximum atomic E-state index is 2.30. The molecule has 46 heavy (non-hydrogen) atoms. The number of hydrogen-bond donors (Lipinski definition) is 0. The Morgan fingerprint density at radius 1 is 0.348 bits per heavy atom. The molecule has 0 unspecified atom stereocenters. The second-order valence-electron chi connectivity index (χ2n) is 15.0. The highest BCUT2D eigenvalue weighted by atomic mass is 35.5. The molecule has 276 valence electrons. The third-order valence-corrected chi connectivity index (χ3v) is 9.23. The van der Waals surface area contributed by atoms with Crippen molar-refractivity contribution in [3.05, 3.63) is 30.6 Å². The number of nitrogens with zero attached hydrogens (tertiary/aromatic N) is 2. The van der Waals surface area contributed by atoms with Crippen molar-refractivity contribution in [3.8, 4) is 0 Å². The van der Waals surface area contributed by atoms with Crippen molar-refractivity contribution in [2.45, 2.75) is 213 Å². The average molecular weight is 688 g/mol. The van der Waals surface area contributed by atoms with Crippen molar-refractivity contribution in [2.75, 3.05) is 27.7 Å². The molecule has 0 spiro atoms. The van der Waals surface area contributed by atoms with E-state index in [1.54, 1.807) is 0 Å². The van der Waals surface area contributed by atoms with Crippen LogP contribution in [0.15, 0.2) is 30.6 Å². The van der Waals surface area contributed by atoms with Gasteiger partial charge in [-0.3, -0.25) is 0 Å². The first-order valence-electron chi connectivity index (χ1n) is 20.2. The summed E-state index contributed by atoms with van der Waals surface area (Å²) in [6.45, 7) is 7.10. The lowest BCUT2D eigenvalue weighted by molar-refractivity contribution is -0.870. The Hall–Kier alpha value is -0.310. The molecule has 0 fully saturated rings. The Labute approximate surface area is 304 Å². The van der Waals surface area contributed by atoms with Gasteiger partial charge in [0.1, 0.15) is 6.54 Å². The third kappa shape index (κ3) is 43.7. The highest BCUT2D eigenvalue weighted by molar-refractivity contribution is 4.83. The standard InChI is InChI=1S/C21H38N.C21H46N.2ClH/c1-2-3-4-5-6-7-8-9-10-11-12-13-14-16-19-22-20-17-15-18-21-22;1-5-6-7-8-9-10-11-12-13-14-15-16-17-18-19-20-21-22(2,3)4;;/h15,17-18,20-21H,2-14,16,19H2,1H3;5-21H2,1-4H3;2*1H/q2*+1;;/p-2. The van der Waals surface area contributed by atoms with Crippen LogP contribution in [0.1, 0.15) is 206 Å². The van der Waals surface area contributed by atoms with Gasteiger partial charge in [-0.2, -0.15) is 0 Å². The number of aryl methyl sites for hydroxylation is 1. The lowest BCUT2D eigenvalue weighted by Crippen LogP contribution is -3.00. The normalized spacial score (nSPS) is 11.0. The van der Waals surface area contributed by atoms with Gasteiger partial charge in [0.25, 0.3) is 0 Å². The number of pyridine rings is 1. The quantitative estimate of drug-likeness (QED) is 0.0422. The number of hydrogen-bond acceptors (Lipinski definition) is 0. The van der Waals surface area contributed by atoms with Crippen LogP contribution in [0.2, 0.25) is 0 Å². The van der Waals surface area contributed by atoms with E-state index in [4.69, 9.17) is 0 Å². The first-order chi connectivity index (χ1) is 21.5. The Bertz CT molecular complexity index is 647. The molecular weight excluding hydrogens is 603 g/mol. The number of unbranched alkanes of at least 4 members (excludes halogenated alkanes) is 28. The fourth-order valence-electron chi connectivity index (χ4n) is 6.21. The summed E-state index contributed by atoms with van der Waals surface area (Å²) in [4.78, 5) is 0. The van der Waals surface area contributed by atoms with Crippen LogP contribution in [-0.4, -0.2) is 32.2 Å². The number of aromatic nitrogens is 1. The molecule has 1 aromatic heterocycles. The van der Waals surface area contributed by atoms with Crippen LogP contribution in [0.25, 0.3) is 0 Å². The molecule has 0 saturated heterocycles. The summed E-state index contributed by atoms with van der Waals surface area (Å²) >= 11 is 0. The summed E-state index contributed by atoms with van der Waals surface area (Å²) in [7, 11) is 6.89. The van der Waals surface area contributed by atoms with Crippen LogP contribution in [-0.2, 0) is 6.54 Å². The highest BCUT2D eigenvalue weighted by Crippen LogP contribution is 2.15. The minimum atomic E-state index is 0. The largest absolute Gasteiger partial charge is 1.00 e. The number of halogens is 2. The molecule has 0 aliphatic rings. The van der Waals surface area contributed by atoms with E-state index in [9.17, 15) is 0 Å². The molecule has 0 atom stereocenters. The van der Waals surface area contributed by atoms with Crippen LogP contribution in [0, 0.1) is 0 Å². The fourth-order valence-corrected chi connectivity index (χ4v) is 6.21. The van der Waals surface area contributed by atoms with Crippen LogP contribution in [0.4, 0.5) is 0 Å². The molecule has 1 rings (SSSR count). The molecule has 0 radical (unpaired) electrons. The van der Waals surface area contributed by atoms with Crippen molar-refractivity contribution in [1.29, 1.82) is 0 Å². The topological polar surface area (TPSA) is 3.88 Å². The van der Waals surface area contributed by atoms with E-state index in [2.05, 4.69) is 70.2 Å². The predicted molar refractivity (Wildman–Crippen MR) is 199 cm³/mol. The molecule has 0 aromatic carbocycles. The Kier molecular flexibility index (Phi) is 44.5. The summed E-state index contributed by atoms with van der Waals surface area (Å²) < 4.78 is 3.42. The van der Waals surface area contributed by atoms with Crippen LogP contribution in [0.5, 0.6) is 0 Å². The first-order valence-corrected chi connectivity index (χ1v) is 20.2. The van der Waals surface area contributed by atoms with Gasteiger partial charge < -0.3 is 29.3 Å². The van der Waals surface area contributed by atoms with E-state index < -0.39 is 0 Å². The smallest absolute Gasteiger partial charge is 0.168 e. The minimum absolute atomic E-state index is 0. The van der Waals surface area contributed by atoms with Crippen molar-refractivity contribution < 1.29 is 33.9 Å². The van der Waals surface area contributed by atoms with E-state index in [0.29, 0.717) is 0 Å². The Balaban J connectivity index is -0.000000770. The van der Waals surface area contributed by atoms with Gasteiger partial charge in [-0.05, 0) is 19.3 Å². The fraction of sp³-hybridized carbons (Fsp3) is 0.881. The van der Waals surface area contributed by atoms with E-state index in [1.165, 1.54) is 206 Å². The molecule has 2 nitrogen and oxygen atoms in total. The molecule has 0 aliphatic heterocycles. The van der Waals surface area contributed by atoms with Gasteiger partial charge in [-0.25, -0.2) is 4.57 Å². The maximum absolute atomic E-state index is 2.30. The van der Waals surface area contributed by atoms with E-state index >= 15 is 0 Å². The van der Waals surface area contributed by atoms with Crippen molar-refractivity contribution >= 4 is 0 Å². The summed E-state index contributed by atoms with van der Waals surface area (Å²) in [5.74, 6) is 0. The van der Waals surface area contributed by atoms with Gasteiger partial charge in [0, 0.05) is 18.6 Å². The molecule has 0 saturated carbocycles. The van der Waals surface area contributed by atoms with Crippen molar-refractivity contribution in [2.24, 2.45) is 0 Å². The molecule has 1 heterocycles. The lowest BCUT2D eigenvalue weighted by Gasteiger charge is -2.23. The van der Waals surface area contributed by atoms with Crippen LogP contribution >= 0.6 is 0 Å². The number of rotatable bonds is 32. The molecule has 0 bridgehead atoms. The SMILES string of the molecule is CCCCCCCCCCCCCCCCCC[N+](C)(C)C.CCCCCCCCCCCCCCCC[n+]1ccccc1.[Cl-].[Cl-]. The molecular formula is C42H84Cl2N2. The Morgan fingerprint density at radius 2 is 0.609 bits per heavy atom. The Morgan fingerprint density at radius 3 is 0.891 bits per heavy atom. The third-order valence-electron chi connectivity index (χ3n) is 9.23. The van der Waals surface area contributed by atoms with Crippen molar-refractivity contribution in [3.63, 3.8) is 0 Å². The van der Waals surface area contributed by atoms with E-state index in [1.807, 2.05) is 0 Å². The van der Waals surface area contributed by atoms with E-state index in [0.717, 1.165) is 4.48 Å². The lowest BCUT2D eigenvalue weighted by atomic mass is 10.0. The highest BCUT2D eigenvalue weighted by Gasteiger charge is 2.05. The average Bonchev–Trinajstić information content (AvgIpc) is 3.01. The zero-order valence-corrected chi connectivity index (χ0v) is 33.7. The van der Waals surface area contributed by atoms with Gasteiger partial charge in [0.05, 0.1) is 27.7 Å². The van der Waals surface area contributed by atoms with Gasteiger partial charge >= 0.3 is 0 Å². The second-order valence-corrected chi connectivity index (χ2v) is 15.0. The van der Waals surface area contributed by atoms with Gasteiger partial charge in [-0.15, -0.1) is 0 Å². The number of quaternary nitrogens is 1.